The Morgan fingerprint density at radius 2 is 0.816 bits per heavy atom. The summed E-state index contributed by atoms with van der Waals surface area (Å²) < 4.78 is 21.0. The number of amides is 2. The molecule has 0 unspecified atom stereocenters. The number of anilines is 2. The molecule has 0 atom stereocenters. The lowest BCUT2D eigenvalue weighted by atomic mass is 10.0. The van der Waals surface area contributed by atoms with Crippen LogP contribution in [0.2, 0.25) is 0 Å². The highest BCUT2D eigenvalue weighted by atomic mass is 16.5. The summed E-state index contributed by atoms with van der Waals surface area (Å²) >= 11 is 0. The number of hydrogen-bond acceptors (Lipinski definition) is 6. The summed E-state index contributed by atoms with van der Waals surface area (Å²) in [5, 5.41) is 5.78. The lowest BCUT2D eigenvalue weighted by molar-refractivity contribution is 0.101. The first-order valence-corrected chi connectivity index (χ1v) is 11.7. The average molecular weight is 513 g/mol. The summed E-state index contributed by atoms with van der Waals surface area (Å²) in [6, 6.07) is 25.0. The number of hydrogen-bond donors (Lipinski definition) is 2. The molecule has 0 radical (unpaired) electrons. The number of ether oxygens (including phenoxy) is 4. The quantitative estimate of drug-likeness (QED) is 0.290. The zero-order chi connectivity index (χ0) is 27.1. The van der Waals surface area contributed by atoms with Crippen LogP contribution in [0.25, 0.3) is 11.1 Å². The molecule has 4 aromatic rings. The monoisotopic (exact) mass is 512 g/mol. The molecule has 0 spiro atoms. The van der Waals surface area contributed by atoms with Gasteiger partial charge in [0.1, 0.15) is 0 Å². The molecule has 0 saturated heterocycles. The van der Waals surface area contributed by atoms with Crippen molar-refractivity contribution in [2.75, 3.05) is 39.1 Å². The third-order valence-electron chi connectivity index (χ3n) is 5.91. The first-order valence-electron chi connectivity index (χ1n) is 11.7. The Balaban J connectivity index is 1.40. The summed E-state index contributed by atoms with van der Waals surface area (Å²) in [5.74, 6) is 1.57. The maximum absolute atomic E-state index is 12.7. The summed E-state index contributed by atoms with van der Waals surface area (Å²) in [6.07, 6.45) is 0. The Bertz CT molecular complexity index is 1320. The third kappa shape index (κ3) is 5.87. The van der Waals surface area contributed by atoms with Crippen molar-refractivity contribution in [2.45, 2.75) is 0 Å². The molecule has 4 aromatic carbocycles. The fourth-order valence-electron chi connectivity index (χ4n) is 3.85. The molecule has 0 saturated carbocycles. The minimum absolute atomic E-state index is 0.256. The summed E-state index contributed by atoms with van der Waals surface area (Å²) in [6.45, 7) is 0. The van der Waals surface area contributed by atoms with E-state index in [1.807, 2.05) is 48.5 Å². The molecule has 0 fully saturated rings. The molecular weight excluding hydrogens is 484 g/mol. The van der Waals surface area contributed by atoms with E-state index in [1.165, 1.54) is 14.2 Å². The first-order chi connectivity index (χ1) is 18.4. The first kappa shape index (κ1) is 26.1. The maximum atomic E-state index is 12.7. The van der Waals surface area contributed by atoms with Crippen LogP contribution in [-0.2, 0) is 0 Å². The van der Waals surface area contributed by atoms with E-state index in [9.17, 15) is 9.59 Å². The Kier molecular flexibility index (Phi) is 8.13. The summed E-state index contributed by atoms with van der Waals surface area (Å²) in [4.78, 5) is 25.4. The van der Waals surface area contributed by atoms with Gasteiger partial charge in [-0.25, -0.2) is 0 Å². The number of carbonyl (C=O) groups excluding carboxylic acids is 2. The van der Waals surface area contributed by atoms with Gasteiger partial charge in [-0.2, -0.15) is 0 Å². The second-order valence-corrected chi connectivity index (χ2v) is 8.20. The molecule has 0 heterocycles. The number of benzene rings is 4. The van der Waals surface area contributed by atoms with Gasteiger partial charge in [-0.05, 0) is 71.8 Å². The van der Waals surface area contributed by atoms with Gasteiger partial charge in [0.25, 0.3) is 11.8 Å². The molecule has 0 bridgehead atoms. The molecule has 4 rings (SSSR count). The predicted molar refractivity (Wildman–Crippen MR) is 147 cm³/mol. The van der Waals surface area contributed by atoms with Gasteiger partial charge in [0.2, 0.25) is 0 Å². The van der Waals surface area contributed by atoms with E-state index in [1.54, 1.807) is 50.6 Å². The van der Waals surface area contributed by atoms with E-state index in [4.69, 9.17) is 18.9 Å². The molecule has 8 nitrogen and oxygen atoms in total. The number of methoxy groups -OCH3 is 4. The zero-order valence-corrected chi connectivity index (χ0v) is 21.5. The van der Waals surface area contributed by atoms with Crippen molar-refractivity contribution in [1.29, 1.82) is 0 Å². The van der Waals surface area contributed by atoms with Gasteiger partial charge >= 0.3 is 0 Å². The van der Waals surface area contributed by atoms with Crippen molar-refractivity contribution in [3.8, 4) is 34.1 Å². The summed E-state index contributed by atoms with van der Waals surface area (Å²) in [5.41, 5.74) is 4.16. The fraction of sp³-hybridized carbons (Fsp3) is 0.133. The van der Waals surface area contributed by atoms with Gasteiger partial charge in [-0.15, -0.1) is 0 Å². The second kappa shape index (κ2) is 11.8. The van der Waals surface area contributed by atoms with Crippen LogP contribution in [0.1, 0.15) is 20.7 Å². The van der Waals surface area contributed by atoms with Crippen LogP contribution in [0.15, 0.2) is 84.9 Å². The highest BCUT2D eigenvalue weighted by Gasteiger charge is 2.13. The number of carbonyl (C=O) groups is 2. The van der Waals surface area contributed by atoms with Crippen LogP contribution in [-0.4, -0.2) is 40.3 Å². The van der Waals surface area contributed by atoms with E-state index in [0.717, 1.165) is 11.1 Å². The second-order valence-electron chi connectivity index (χ2n) is 8.20. The van der Waals surface area contributed by atoms with Crippen LogP contribution in [0.3, 0.4) is 0 Å². The van der Waals surface area contributed by atoms with Crippen molar-refractivity contribution >= 4 is 23.2 Å². The smallest absolute Gasteiger partial charge is 0.255 e. The topological polar surface area (TPSA) is 95.1 Å². The highest BCUT2D eigenvalue weighted by molar-refractivity contribution is 6.05. The molecule has 0 aliphatic carbocycles. The van der Waals surface area contributed by atoms with Gasteiger partial charge < -0.3 is 29.6 Å². The Hall–Kier alpha value is -4.98. The van der Waals surface area contributed by atoms with Crippen molar-refractivity contribution < 1.29 is 28.5 Å². The Morgan fingerprint density at radius 3 is 1.13 bits per heavy atom. The summed E-state index contributed by atoms with van der Waals surface area (Å²) in [7, 11) is 6.14. The van der Waals surface area contributed by atoms with Crippen LogP contribution < -0.4 is 29.6 Å². The zero-order valence-electron chi connectivity index (χ0n) is 21.5. The minimum atomic E-state index is -0.256. The largest absolute Gasteiger partial charge is 0.493 e. The van der Waals surface area contributed by atoms with Gasteiger partial charge in [-0.1, -0.05) is 24.3 Å². The van der Waals surface area contributed by atoms with Crippen molar-refractivity contribution in [2.24, 2.45) is 0 Å². The van der Waals surface area contributed by atoms with E-state index in [-0.39, 0.29) is 11.8 Å². The van der Waals surface area contributed by atoms with Crippen molar-refractivity contribution in [3.63, 3.8) is 0 Å². The molecule has 194 valence electrons. The standard InChI is InChI=1S/C30H28N2O6/c1-35-25-15-9-21(17-27(25)37-3)29(33)31-23-11-5-19(6-12-23)20-7-13-24(14-8-20)32-30(34)22-10-16-26(36-2)28(18-22)38-4/h5-18H,1-4H3,(H,31,33)(H,32,34). The molecule has 0 aromatic heterocycles. The van der Waals surface area contributed by atoms with E-state index in [0.29, 0.717) is 45.5 Å². The van der Waals surface area contributed by atoms with Crippen molar-refractivity contribution in [1.82, 2.24) is 0 Å². The van der Waals surface area contributed by atoms with Gasteiger partial charge in [-0.3, -0.25) is 9.59 Å². The van der Waals surface area contributed by atoms with Crippen LogP contribution >= 0.6 is 0 Å². The molecule has 8 heteroatoms. The van der Waals surface area contributed by atoms with Crippen LogP contribution in [0.4, 0.5) is 11.4 Å². The lowest BCUT2D eigenvalue weighted by Crippen LogP contribution is -2.12. The number of nitrogens with one attached hydrogen (secondary N) is 2. The third-order valence-corrected chi connectivity index (χ3v) is 5.91. The van der Waals surface area contributed by atoms with Crippen molar-refractivity contribution in [3.05, 3.63) is 96.1 Å². The maximum Gasteiger partial charge on any atom is 0.255 e. The van der Waals surface area contributed by atoms with Crippen LogP contribution in [0.5, 0.6) is 23.0 Å². The molecule has 2 amide bonds. The van der Waals surface area contributed by atoms with Crippen LogP contribution in [0, 0.1) is 0 Å². The molecule has 38 heavy (non-hydrogen) atoms. The average Bonchev–Trinajstić information content (AvgIpc) is 2.97. The molecule has 0 aliphatic heterocycles. The molecule has 2 N–H and O–H groups in total. The normalized spacial score (nSPS) is 10.3. The Labute approximate surface area is 221 Å². The molecule has 0 aliphatic rings. The van der Waals surface area contributed by atoms with E-state index >= 15 is 0 Å². The fourth-order valence-corrected chi connectivity index (χ4v) is 3.85. The lowest BCUT2D eigenvalue weighted by Gasteiger charge is -2.11. The molecular formula is C30H28N2O6. The van der Waals surface area contributed by atoms with Gasteiger partial charge in [0.05, 0.1) is 28.4 Å². The van der Waals surface area contributed by atoms with E-state index < -0.39 is 0 Å². The van der Waals surface area contributed by atoms with Gasteiger partial charge in [0.15, 0.2) is 23.0 Å². The highest BCUT2D eigenvalue weighted by Crippen LogP contribution is 2.29. The SMILES string of the molecule is COc1ccc(C(=O)Nc2ccc(-c3ccc(NC(=O)c4ccc(OC)c(OC)c4)cc3)cc2)cc1OC. The minimum Gasteiger partial charge on any atom is -0.493 e. The van der Waals surface area contributed by atoms with E-state index in [2.05, 4.69) is 10.6 Å². The van der Waals surface area contributed by atoms with Gasteiger partial charge in [0, 0.05) is 22.5 Å². The number of rotatable bonds is 9. The Morgan fingerprint density at radius 1 is 0.474 bits per heavy atom. The predicted octanol–water partition coefficient (Wildman–Crippen LogP) is 5.89.